The van der Waals surface area contributed by atoms with E-state index in [0.29, 0.717) is 11.5 Å². The summed E-state index contributed by atoms with van der Waals surface area (Å²) >= 11 is 2.09. The molecule has 0 radical (unpaired) electrons. The Morgan fingerprint density at radius 1 is 1.44 bits per heavy atom. The molecule has 2 aliphatic rings. The van der Waals surface area contributed by atoms with Gasteiger partial charge in [0.1, 0.15) is 0 Å². The molecule has 2 atom stereocenters. The van der Waals surface area contributed by atoms with Gasteiger partial charge < -0.3 is 10.3 Å². The van der Waals surface area contributed by atoms with E-state index < -0.39 is 0 Å². The summed E-state index contributed by atoms with van der Waals surface area (Å²) in [5, 5.41) is 0. The minimum absolute atomic E-state index is 0.234. The summed E-state index contributed by atoms with van der Waals surface area (Å²) in [6.07, 6.45) is 3.62. The van der Waals surface area contributed by atoms with Crippen LogP contribution >= 0.6 is 11.8 Å². The Morgan fingerprint density at radius 2 is 2.22 bits per heavy atom. The first-order valence-electron chi connectivity index (χ1n) is 7.02. The standard InChI is InChI=1S/C15H24N2S/c1-10-6-12-13(16)7-15(2,3)8-14(12)17(10)11-4-5-18-9-11/h6,11,13H,4-5,7-9,16H2,1-3H3. The minimum atomic E-state index is 0.234. The minimum Gasteiger partial charge on any atom is -0.345 e. The molecule has 1 aliphatic carbocycles. The lowest BCUT2D eigenvalue weighted by molar-refractivity contribution is 0.272. The van der Waals surface area contributed by atoms with Crippen molar-refractivity contribution in [2.75, 3.05) is 11.5 Å². The topological polar surface area (TPSA) is 30.9 Å². The van der Waals surface area contributed by atoms with Crippen molar-refractivity contribution in [1.29, 1.82) is 0 Å². The number of hydrogen-bond donors (Lipinski definition) is 1. The average Bonchev–Trinajstić information content (AvgIpc) is 2.83. The number of nitrogens with two attached hydrogens (primary N) is 1. The third-order valence-corrected chi connectivity index (χ3v) is 5.60. The van der Waals surface area contributed by atoms with Gasteiger partial charge >= 0.3 is 0 Å². The fourth-order valence-electron chi connectivity index (χ4n) is 3.70. The molecule has 3 heteroatoms. The SMILES string of the molecule is Cc1cc2c(n1C1CCSC1)CC(C)(C)CC2N. The van der Waals surface area contributed by atoms with Gasteiger partial charge in [0, 0.05) is 29.2 Å². The molecule has 1 aromatic heterocycles. The highest BCUT2D eigenvalue weighted by Gasteiger charge is 2.35. The van der Waals surface area contributed by atoms with Gasteiger partial charge in [-0.2, -0.15) is 11.8 Å². The molecule has 0 saturated carbocycles. The molecule has 2 N–H and O–H groups in total. The van der Waals surface area contributed by atoms with E-state index in [4.69, 9.17) is 5.73 Å². The number of aromatic nitrogens is 1. The van der Waals surface area contributed by atoms with Gasteiger partial charge in [0.05, 0.1) is 0 Å². The normalized spacial score (nSPS) is 30.4. The predicted octanol–water partition coefficient (Wildman–Crippen LogP) is 3.45. The maximum Gasteiger partial charge on any atom is 0.0434 e. The largest absolute Gasteiger partial charge is 0.345 e. The summed E-state index contributed by atoms with van der Waals surface area (Å²) in [5.41, 5.74) is 11.1. The van der Waals surface area contributed by atoms with E-state index in [-0.39, 0.29) is 6.04 Å². The van der Waals surface area contributed by atoms with Gasteiger partial charge in [-0.3, -0.25) is 0 Å². The molecule has 1 aromatic rings. The first-order chi connectivity index (χ1) is 8.48. The van der Waals surface area contributed by atoms with Gasteiger partial charge in [-0.15, -0.1) is 0 Å². The monoisotopic (exact) mass is 264 g/mol. The Kier molecular flexibility index (Phi) is 3.02. The van der Waals surface area contributed by atoms with Crippen molar-refractivity contribution < 1.29 is 0 Å². The lowest BCUT2D eigenvalue weighted by Gasteiger charge is -2.35. The van der Waals surface area contributed by atoms with E-state index in [2.05, 4.69) is 43.2 Å². The molecule has 0 bridgehead atoms. The third-order valence-electron chi connectivity index (χ3n) is 4.46. The quantitative estimate of drug-likeness (QED) is 0.842. The van der Waals surface area contributed by atoms with Crippen LogP contribution in [0.5, 0.6) is 0 Å². The van der Waals surface area contributed by atoms with Crippen LogP contribution in [0.2, 0.25) is 0 Å². The first-order valence-corrected chi connectivity index (χ1v) is 8.17. The van der Waals surface area contributed by atoms with Gasteiger partial charge in [-0.1, -0.05) is 13.8 Å². The zero-order chi connectivity index (χ0) is 12.9. The molecule has 18 heavy (non-hydrogen) atoms. The molecule has 2 nitrogen and oxygen atoms in total. The summed E-state index contributed by atoms with van der Waals surface area (Å²) in [5.74, 6) is 2.59. The van der Waals surface area contributed by atoms with Gasteiger partial charge in [0.15, 0.2) is 0 Å². The fourth-order valence-corrected chi connectivity index (χ4v) is 4.90. The molecular weight excluding hydrogens is 240 g/mol. The van der Waals surface area contributed by atoms with Gasteiger partial charge in [-0.05, 0) is 49.0 Å². The average molecular weight is 264 g/mol. The Hall–Kier alpha value is -0.410. The molecule has 1 saturated heterocycles. The van der Waals surface area contributed by atoms with Crippen molar-refractivity contribution in [2.45, 2.75) is 52.1 Å². The van der Waals surface area contributed by atoms with Crippen molar-refractivity contribution in [1.82, 2.24) is 4.57 Å². The molecule has 100 valence electrons. The molecule has 0 aromatic carbocycles. The van der Waals surface area contributed by atoms with E-state index in [1.54, 1.807) is 0 Å². The zero-order valence-electron chi connectivity index (χ0n) is 11.7. The number of hydrogen-bond acceptors (Lipinski definition) is 2. The van der Waals surface area contributed by atoms with Gasteiger partial charge in [0.25, 0.3) is 0 Å². The Bertz CT molecular complexity index is 455. The predicted molar refractivity (Wildman–Crippen MR) is 79.2 cm³/mol. The molecule has 0 spiro atoms. The molecule has 1 aliphatic heterocycles. The summed E-state index contributed by atoms with van der Waals surface area (Å²) < 4.78 is 2.61. The van der Waals surface area contributed by atoms with Crippen LogP contribution < -0.4 is 5.73 Å². The van der Waals surface area contributed by atoms with Gasteiger partial charge in [0.2, 0.25) is 0 Å². The molecular formula is C15H24N2S. The molecule has 3 rings (SSSR count). The highest BCUT2D eigenvalue weighted by molar-refractivity contribution is 7.99. The summed E-state index contributed by atoms with van der Waals surface area (Å²) in [6, 6.07) is 3.29. The maximum atomic E-state index is 6.38. The van der Waals surface area contributed by atoms with Crippen LogP contribution in [0.3, 0.4) is 0 Å². The van der Waals surface area contributed by atoms with Crippen LogP contribution in [0.4, 0.5) is 0 Å². The Balaban J connectivity index is 2.05. The van der Waals surface area contributed by atoms with Crippen molar-refractivity contribution in [3.8, 4) is 0 Å². The number of nitrogens with zero attached hydrogens (tertiary/aromatic N) is 1. The van der Waals surface area contributed by atoms with E-state index in [0.717, 1.165) is 6.42 Å². The molecule has 2 heterocycles. The van der Waals surface area contributed by atoms with E-state index in [1.807, 2.05) is 0 Å². The van der Waals surface area contributed by atoms with E-state index >= 15 is 0 Å². The second-order valence-corrected chi connectivity index (χ2v) is 7.88. The smallest absolute Gasteiger partial charge is 0.0434 e. The number of aryl methyl sites for hydroxylation is 1. The van der Waals surface area contributed by atoms with Crippen LogP contribution in [0, 0.1) is 12.3 Å². The summed E-state index contributed by atoms with van der Waals surface area (Å²) in [7, 11) is 0. The van der Waals surface area contributed by atoms with Crippen LogP contribution in [0.25, 0.3) is 0 Å². The summed E-state index contributed by atoms with van der Waals surface area (Å²) in [4.78, 5) is 0. The van der Waals surface area contributed by atoms with Crippen molar-refractivity contribution >= 4 is 11.8 Å². The van der Waals surface area contributed by atoms with E-state index in [9.17, 15) is 0 Å². The second-order valence-electron chi connectivity index (χ2n) is 6.73. The molecule has 0 amide bonds. The lowest BCUT2D eigenvalue weighted by atomic mass is 9.74. The fraction of sp³-hybridized carbons (Fsp3) is 0.733. The van der Waals surface area contributed by atoms with Crippen molar-refractivity contribution in [2.24, 2.45) is 11.1 Å². The first kappa shape index (κ1) is 12.6. The zero-order valence-corrected chi connectivity index (χ0v) is 12.5. The molecule has 1 fully saturated rings. The maximum absolute atomic E-state index is 6.38. The highest BCUT2D eigenvalue weighted by atomic mass is 32.2. The van der Waals surface area contributed by atoms with Crippen molar-refractivity contribution in [3.63, 3.8) is 0 Å². The number of rotatable bonds is 1. The van der Waals surface area contributed by atoms with Crippen LogP contribution in [-0.2, 0) is 6.42 Å². The number of thioether (sulfide) groups is 1. The van der Waals surface area contributed by atoms with Gasteiger partial charge in [-0.25, -0.2) is 0 Å². The van der Waals surface area contributed by atoms with Crippen LogP contribution in [0.15, 0.2) is 6.07 Å². The highest BCUT2D eigenvalue weighted by Crippen LogP contribution is 2.43. The number of fused-ring (bicyclic) bond motifs is 1. The van der Waals surface area contributed by atoms with Crippen LogP contribution in [-0.4, -0.2) is 16.1 Å². The Morgan fingerprint density at radius 3 is 2.89 bits per heavy atom. The summed E-state index contributed by atoms with van der Waals surface area (Å²) in [6.45, 7) is 6.96. The third kappa shape index (κ3) is 2.01. The van der Waals surface area contributed by atoms with Crippen molar-refractivity contribution in [3.05, 3.63) is 23.0 Å². The second kappa shape index (κ2) is 4.31. The lowest BCUT2D eigenvalue weighted by Crippen LogP contribution is -2.31. The molecule has 2 unspecified atom stereocenters. The Labute approximate surface area is 114 Å². The van der Waals surface area contributed by atoms with Crippen LogP contribution in [0.1, 0.15) is 55.7 Å². The van der Waals surface area contributed by atoms with E-state index in [1.165, 1.54) is 41.3 Å².